The second kappa shape index (κ2) is 17.6. The van der Waals surface area contributed by atoms with Gasteiger partial charge in [0.15, 0.2) is 0 Å². The largest absolute Gasteiger partial charge is 1.00 e. The van der Waals surface area contributed by atoms with Crippen molar-refractivity contribution in [2.45, 2.75) is 90.6 Å². The second-order valence-electron chi connectivity index (χ2n) is 5.79. The third-order valence-electron chi connectivity index (χ3n) is 3.66. The Labute approximate surface area is 165 Å². The van der Waals surface area contributed by atoms with Gasteiger partial charge in [0, 0.05) is 6.61 Å². The first-order valence-corrected chi connectivity index (χ1v) is 10.0. The third-order valence-corrected chi connectivity index (χ3v) is 4.16. The molecule has 0 aromatic heterocycles. The molecular weight excluding hydrogens is 327 g/mol. The Hall–Kier alpha value is 0.830. The Morgan fingerprint density at radius 2 is 1.35 bits per heavy atom. The molecule has 5 nitrogen and oxygen atoms in total. The molecule has 0 saturated heterocycles. The summed E-state index contributed by atoms with van der Waals surface area (Å²) in [6.45, 7) is 4.75. The van der Waals surface area contributed by atoms with Gasteiger partial charge in [-0.2, -0.15) is 0 Å². The standard InChI is InChI=1S/C16H34O5S.Na/c1-3-5-6-7-8-9-10-11-12-13-14-20-15-16(4-2)21-22(17,18)19;/h16H,3-15H2,1-2H3,(H,17,18,19);/q;+1/p-1. The third kappa shape index (κ3) is 20.8. The number of hydrogen-bond donors (Lipinski definition) is 0. The van der Waals surface area contributed by atoms with Gasteiger partial charge in [-0.1, -0.05) is 71.6 Å². The molecule has 0 aromatic rings. The fraction of sp³-hybridized carbons (Fsp3) is 1.00. The Morgan fingerprint density at radius 1 is 0.870 bits per heavy atom. The van der Waals surface area contributed by atoms with Gasteiger partial charge in [0.25, 0.3) is 0 Å². The number of hydrogen-bond acceptors (Lipinski definition) is 5. The van der Waals surface area contributed by atoms with Gasteiger partial charge in [0.1, 0.15) is 0 Å². The molecule has 7 heteroatoms. The van der Waals surface area contributed by atoms with Gasteiger partial charge < -0.3 is 9.29 Å². The Balaban J connectivity index is 0. The van der Waals surface area contributed by atoms with Crippen molar-refractivity contribution in [1.82, 2.24) is 0 Å². The first kappa shape index (κ1) is 26.1. The van der Waals surface area contributed by atoms with Gasteiger partial charge in [-0.05, 0) is 12.8 Å². The average Bonchev–Trinajstić information content (AvgIpc) is 2.46. The molecule has 0 amide bonds. The Bertz CT molecular complexity index is 335. The van der Waals surface area contributed by atoms with Crippen LogP contribution < -0.4 is 29.6 Å². The minimum Gasteiger partial charge on any atom is -0.726 e. The normalized spacial score (nSPS) is 12.8. The van der Waals surface area contributed by atoms with E-state index in [4.69, 9.17) is 4.74 Å². The fourth-order valence-electron chi connectivity index (χ4n) is 2.29. The van der Waals surface area contributed by atoms with Crippen LogP contribution in [-0.2, 0) is 19.3 Å². The SMILES string of the molecule is CCCCCCCCCCCCOCC(CC)OS(=O)(=O)[O-].[Na+]. The molecule has 0 aliphatic rings. The molecule has 0 rings (SSSR count). The van der Waals surface area contributed by atoms with E-state index in [0.29, 0.717) is 13.0 Å². The molecule has 0 spiro atoms. The van der Waals surface area contributed by atoms with E-state index in [2.05, 4.69) is 11.1 Å². The van der Waals surface area contributed by atoms with Crippen molar-refractivity contribution in [3.05, 3.63) is 0 Å². The summed E-state index contributed by atoms with van der Waals surface area (Å²) in [5.74, 6) is 0. The summed E-state index contributed by atoms with van der Waals surface area (Å²) in [7, 11) is -4.63. The maximum absolute atomic E-state index is 10.5. The first-order chi connectivity index (χ1) is 10.5. The molecular formula is C16H33NaO5S. The van der Waals surface area contributed by atoms with Crippen LogP contribution in [0.4, 0.5) is 0 Å². The summed E-state index contributed by atoms with van der Waals surface area (Å²) in [6, 6.07) is 0. The first-order valence-electron chi connectivity index (χ1n) is 8.71. The van der Waals surface area contributed by atoms with Crippen LogP contribution in [0.3, 0.4) is 0 Å². The van der Waals surface area contributed by atoms with Crippen molar-refractivity contribution in [3.63, 3.8) is 0 Å². The topological polar surface area (TPSA) is 75.7 Å². The zero-order valence-corrected chi connectivity index (χ0v) is 18.0. The van der Waals surface area contributed by atoms with Crippen LogP contribution in [0.2, 0.25) is 0 Å². The van der Waals surface area contributed by atoms with E-state index >= 15 is 0 Å². The second-order valence-corrected chi connectivity index (χ2v) is 6.80. The van der Waals surface area contributed by atoms with Crippen molar-refractivity contribution in [3.8, 4) is 0 Å². The zero-order chi connectivity index (χ0) is 16.7. The molecule has 0 saturated carbocycles. The predicted octanol–water partition coefficient (Wildman–Crippen LogP) is 1.18. The van der Waals surface area contributed by atoms with Gasteiger partial charge in [-0.15, -0.1) is 0 Å². The van der Waals surface area contributed by atoms with Crippen LogP contribution in [-0.4, -0.2) is 32.3 Å². The summed E-state index contributed by atoms with van der Waals surface area (Å²) in [6.07, 6.45) is 12.4. The molecule has 0 heterocycles. The van der Waals surface area contributed by atoms with Crippen LogP contribution >= 0.6 is 0 Å². The van der Waals surface area contributed by atoms with Gasteiger partial charge >= 0.3 is 29.6 Å². The monoisotopic (exact) mass is 360 g/mol. The molecule has 1 atom stereocenters. The van der Waals surface area contributed by atoms with Crippen LogP contribution in [0, 0.1) is 0 Å². The summed E-state index contributed by atoms with van der Waals surface area (Å²) < 4.78 is 41.2. The van der Waals surface area contributed by atoms with Crippen molar-refractivity contribution >= 4 is 10.4 Å². The molecule has 1 unspecified atom stereocenters. The number of ether oxygens (including phenoxy) is 1. The van der Waals surface area contributed by atoms with E-state index in [1.807, 2.05) is 0 Å². The molecule has 0 bridgehead atoms. The number of rotatable bonds is 16. The minimum atomic E-state index is -4.63. The smallest absolute Gasteiger partial charge is 0.726 e. The van der Waals surface area contributed by atoms with Gasteiger partial charge in [0.05, 0.1) is 12.7 Å². The van der Waals surface area contributed by atoms with Crippen molar-refractivity contribution in [2.75, 3.05) is 13.2 Å². The van der Waals surface area contributed by atoms with E-state index < -0.39 is 16.5 Å². The van der Waals surface area contributed by atoms with Crippen molar-refractivity contribution in [2.24, 2.45) is 0 Å². The maximum atomic E-state index is 10.5. The Morgan fingerprint density at radius 3 is 1.78 bits per heavy atom. The van der Waals surface area contributed by atoms with Crippen LogP contribution in [0.1, 0.15) is 84.5 Å². The average molecular weight is 360 g/mol. The van der Waals surface area contributed by atoms with Crippen LogP contribution in [0.15, 0.2) is 0 Å². The van der Waals surface area contributed by atoms with E-state index in [1.54, 1.807) is 6.92 Å². The summed E-state index contributed by atoms with van der Waals surface area (Å²) in [5.41, 5.74) is 0. The predicted molar refractivity (Wildman–Crippen MR) is 87.5 cm³/mol. The van der Waals surface area contributed by atoms with Crippen molar-refractivity contribution in [1.29, 1.82) is 0 Å². The molecule has 0 aliphatic carbocycles. The molecule has 0 aliphatic heterocycles. The summed E-state index contributed by atoms with van der Waals surface area (Å²) in [4.78, 5) is 0. The van der Waals surface area contributed by atoms with Gasteiger partial charge in [0.2, 0.25) is 10.4 Å². The maximum Gasteiger partial charge on any atom is 1.00 e. The van der Waals surface area contributed by atoms with Gasteiger partial charge in [-0.25, -0.2) is 8.42 Å². The molecule has 0 radical (unpaired) electrons. The summed E-state index contributed by atoms with van der Waals surface area (Å²) >= 11 is 0. The van der Waals surface area contributed by atoms with Gasteiger partial charge in [-0.3, -0.25) is 4.18 Å². The zero-order valence-electron chi connectivity index (χ0n) is 15.2. The molecule has 0 N–H and O–H groups in total. The number of unbranched alkanes of at least 4 members (excludes halogenated alkanes) is 9. The van der Waals surface area contributed by atoms with E-state index in [1.165, 1.54) is 51.4 Å². The van der Waals surface area contributed by atoms with E-state index in [0.717, 1.165) is 12.8 Å². The van der Waals surface area contributed by atoms with E-state index in [-0.39, 0.29) is 36.2 Å². The molecule has 23 heavy (non-hydrogen) atoms. The molecule has 0 fully saturated rings. The minimum absolute atomic E-state index is 0. The Kier molecular flexibility index (Phi) is 20.0. The quantitative estimate of drug-likeness (QED) is 0.179. The van der Waals surface area contributed by atoms with Crippen LogP contribution in [0.25, 0.3) is 0 Å². The summed E-state index contributed by atoms with van der Waals surface area (Å²) in [5, 5.41) is 0. The van der Waals surface area contributed by atoms with Crippen molar-refractivity contribution < 1.29 is 51.4 Å². The fourth-order valence-corrected chi connectivity index (χ4v) is 2.81. The molecule has 134 valence electrons. The van der Waals surface area contributed by atoms with Crippen LogP contribution in [0.5, 0.6) is 0 Å². The molecule has 0 aromatic carbocycles. The van der Waals surface area contributed by atoms with E-state index in [9.17, 15) is 13.0 Å².